The van der Waals surface area contributed by atoms with Gasteiger partial charge in [-0.1, -0.05) is 12.8 Å². The van der Waals surface area contributed by atoms with Gasteiger partial charge in [0.25, 0.3) is 5.91 Å². The van der Waals surface area contributed by atoms with Crippen LogP contribution in [0.5, 0.6) is 11.5 Å². The average molecular weight is 429 g/mol. The highest BCUT2D eigenvalue weighted by Gasteiger charge is 2.29. The number of piperidine rings is 1. The van der Waals surface area contributed by atoms with E-state index in [1.165, 1.54) is 25.7 Å². The van der Waals surface area contributed by atoms with Crippen LogP contribution in [0.25, 0.3) is 0 Å². The lowest BCUT2D eigenvalue weighted by atomic mass is 10.0. The minimum atomic E-state index is -0.0431. The van der Waals surface area contributed by atoms with Gasteiger partial charge >= 0.3 is 0 Å². The van der Waals surface area contributed by atoms with Gasteiger partial charge in [-0.15, -0.1) is 0 Å². The first-order chi connectivity index (χ1) is 14.6. The summed E-state index contributed by atoms with van der Waals surface area (Å²) in [6.45, 7) is 2.76. The van der Waals surface area contributed by atoms with Gasteiger partial charge < -0.3 is 19.3 Å². The predicted octanol–water partition coefficient (Wildman–Crippen LogP) is 4.81. The molecule has 2 aromatic rings. The molecule has 1 saturated carbocycles. The molecule has 6 heteroatoms. The summed E-state index contributed by atoms with van der Waals surface area (Å²) in [6, 6.07) is 8.38. The molecule has 4 rings (SSSR count). The van der Waals surface area contributed by atoms with Crippen molar-refractivity contribution >= 4 is 17.2 Å². The Hall–Kier alpha value is -2.05. The first-order valence-electron chi connectivity index (χ1n) is 11.0. The van der Waals surface area contributed by atoms with Gasteiger partial charge in [-0.2, -0.15) is 11.3 Å². The molecule has 162 valence electrons. The van der Waals surface area contributed by atoms with Crippen LogP contribution in [0.2, 0.25) is 0 Å². The van der Waals surface area contributed by atoms with Crippen molar-refractivity contribution in [3.63, 3.8) is 0 Å². The zero-order valence-electron chi connectivity index (χ0n) is 18.0. The minimum absolute atomic E-state index is 0.0431. The number of rotatable bonds is 7. The fourth-order valence-electron chi connectivity index (χ4n) is 4.65. The van der Waals surface area contributed by atoms with Crippen molar-refractivity contribution in [3.8, 4) is 11.5 Å². The first kappa shape index (κ1) is 21.2. The van der Waals surface area contributed by atoms with Crippen molar-refractivity contribution in [1.82, 2.24) is 9.80 Å². The van der Waals surface area contributed by atoms with Crippen molar-refractivity contribution in [1.29, 1.82) is 0 Å². The molecule has 5 nitrogen and oxygen atoms in total. The Morgan fingerprint density at radius 1 is 1.17 bits per heavy atom. The lowest BCUT2D eigenvalue weighted by Gasteiger charge is -2.36. The third kappa shape index (κ3) is 4.98. The summed E-state index contributed by atoms with van der Waals surface area (Å²) in [4.78, 5) is 17.6. The van der Waals surface area contributed by atoms with Gasteiger partial charge in [0.1, 0.15) is 17.6 Å². The van der Waals surface area contributed by atoms with Crippen LogP contribution < -0.4 is 9.47 Å². The van der Waals surface area contributed by atoms with Crippen LogP contribution in [-0.2, 0) is 6.54 Å². The van der Waals surface area contributed by atoms with Crippen molar-refractivity contribution in [2.24, 2.45) is 0 Å². The maximum Gasteiger partial charge on any atom is 0.257 e. The molecule has 0 spiro atoms. The summed E-state index contributed by atoms with van der Waals surface area (Å²) in [6.07, 6.45) is 7.62. The molecule has 1 aromatic heterocycles. The number of methoxy groups -OCH3 is 1. The summed E-state index contributed by atoms with van der Waals surface area (Å²) in [7, 11) is 3.46. The number of hydrogen-bond acceptors (Lipinski definition) is 5. The molecule has 0 radical (unpaired) electrons. The van der Waals surface area contributed by atoms with Crippen molar-refractivity contribution in [3.05, 3.63) is 46.2 Å². The molecule has 0 atom stereocenters. The topological polar surface area (TPSA) is 42.0 Å². The van der Waals surface area contributed by atoms with Gasteiger partial charge in [0.05, 0.1) is 12.7 Å². The van der Waals surface area contributed by atoms with Crippen molar-refractivity contribution < 1.29 is 14.3 Å². The highest BCUT2D eigenvalue weighted by Crippen LogP contribution is 2.30. The van der Waals surface area contributed by atoms with E-state index >= 15 is 0 Å². The smallest absolute Gasteiger partial charge is 0.257 e. The second kappa shape index (κ2) is 9.84. The van der Waals surface area contributed by atoms with E-state index in [1.54, 1.807) is 29.4 Å². The molecular formula is C24H32N2O3S. The zero-order chi connectivity index (χ0) is 20.9. The molecule has 30 heavy (non-hydrogen) atoms. The predicted molar refractivity (Wildman–Crippen MR) is 121 cm³/mol. The van der Waals surface area contributed by atoms with E-state index in [9.17, 15) is 4.79 Å². The maximum absolute atomic E-state index is 13.2. The number of amides is 1. The third-order valence-electron chi connectivity index (χ3n) is 6.37. The Labute approximate surface area is 183 Å². The van der Waals surface area contributed by atoms with Gasteiger partial charge in [-0.25, -0.2) is 0 Å². The largest absolute Gasteiger partial charge is 0.497 e. The summed E-state index contributed by atoms with van der Waals surface area (Å²) in [5.74, 6) is 1.29. The number of carbonyl (C=O) groups is 1. The molecule has 2 fully saturated rings. The summed E-state index contributed by atoms with van der Waals surface area (Å²) in [5, 5.41) is 4.11. The number of ether oxygens (including phenoxy) is 2. The molecule has 0 bridgehead atoms. The number of carbonyl (C=O) groups excluding carboxylic acids is 1. The molecule has 1 aliphatic heterocycles. The quantitative estimate of drug-likeness (QED) is 0.634. The highest BCUT2D eigenvalue weighted by molar-refractivity contribution is 7.07. The summed E-state index contributed by atoms with van der Waals surface area (Å²) in [5.41, 5.74) is 1.71. The van der Waals surface area contributed by atoms with Crippen LogP contribution >= 0.6 is 11.3 Å². The number of likely N-dealkylation sites (tertiary alicyclic amines) is 1. The molecule has 1 amide bonds. The Morgan fingerprint density at radius 2 is 1.93 bits per heavy atom. The Bertz CT molecular complexity index is 825. The van der Waals surface area contributed by atoms with Crippen LogP contribution in [0.3, 0.4) is 0 Å². The molecule has 1 saturated heterocycles. The van der Waals surface area contributed by atoms with E-state index in [2.05, 4.69) is 16.3 Å². The average Bonchev–Trinajstić information content (AvgIpc) is 3.48. The van der Waals surface area contributed by atoms with Crippen LogP contribution in [0.15, 0.2) is 35.0 Å². The second-order valence-electron chi connectivity index (χ2n) is 8.45. The molecular weight excluding hydrogens is 396 g/mol. The molecule has 0 unspecified atom stereocenters. The number of benzene rings is 1. The number of thiophene rings is 1. The van der Waals surface area contributed by atoms with E-state index in [4.69, 9.17) is 9.47 Å². The van der Waals surface area contributed by atoms with Crippen molar-refractivity contribution in [2.45, 2.75) is 57.2 Å². The van der Waals surface area contributed by atoms with Crippen molar-refractivity contribution in [2.75, 3.05) is 27.2 Å². The number of hydrogen-bond donors (Lipinski definition) is 0. The normalized spacial score (nSPS) is 18.5. The fraction of sp³-hybridized carbons (Fsp3) is 0.542. The summed E-state index contributed by atoms with van der Waals surface area (Å²) < 4.78 is 11.8. The SMILES string of the molecule is COc1ccc(OC2CCN(C3CCCC3)CC2)c(C(=O)N(C)Cc2ccsc2)c1. The van der Waals surface area contributed by atoms with E-state index < -0.39 is 0 Å². The Balaban J connectivity index is 1.43. The number of nitrogens with zero attached hydrogens (tertiary/aromatic N) is 2. The van der Waals surface area contributed by atoms with E-state index in [1.807, 2.05) is 24.6 Å². The zero-order valence-corrected chi connectivity index (χ0v) is 18.8. The lowest BCUT2D eigenvalue weighted by Crippen LogP contribution is -2.43. The lowest BCUT2D eigenvalue weighted by molar-refractivity contribution is 0.0709. The van der Waals surface area contributed by atoms with Crippen LogP contribution in [0.4, 0.5) is 0 Å². The van der Waals surface area contributed by atoms with Crippen LogP contribution in [-0.4, -0.2) is 55.1 Å². The summed E-state index contributed by atoms with van der Waals surface area (Å²) >= 11 is 1.64. The monoisotopic (exact) mass is 428 g/mol. The van der Waals surface area contributed by atoms with E-state index in [0.717, 1.165) is 37.5 Å². The minimum Gasteiger partial charge on any atom is -0.497 e. The molecule has 1 aliphatic carbocycles. The fourth-order valence-corrected chi connectivity index (χ4v) is 5.31. The first-order valence-corrected chi connectivity index (χ1v) is 11.9. The van der Waals surface area contributed by atoms with E-state index in [0.29, 0.717) is 23.6 Å². The van der Waals surface area contributed by atoms with E-state index in [-0.39, 0.29) is 12.0 Å². The molecule has 0 N–H and O–H groups in total. The Morgan fingerprint density at radius 3 is 2.60 bits per heavy atom. The third-order valence-corrected chi connectivity index (χ3v) is 7.11. The Kier molecular flexibility index (Phi) is 6.95. The highest BCUT2D eigenvalue weighted by atomic mass is 32.1. The second-order valence-corrected chi connectivity index (χ2v) is 9.23. The van der Waals surface area contributed by atoms with Gasteiger partial charge in [0.2, 0.25) is 0 Å². The van der Waals surface area contributed by atoms with Crippen LogP contribution in [0.1, 0.15) is 54.4 Å². The van der Waals surface area contributed by atoms with Gasteiger partial charge in [-0.05, 0) is 66.3 Å². The van der Waals surface area contributed by atoms with Crippen LogP contribution in [0, 0.1) is 0 Å². The maximum atomic E-state index is 13.2. The van der Waals surface area contributed by atoms with Gasteiger partial charge in [-0.3, -0.25) is 4.79 Å². The van der Waals surface area contributed by atoms with Gasteiger partial charge in [0, 0.05) is 32.7 Å². The molecule has 1 aromatic carbocycles. The van der Waals surface area contributed by atoms with Gasteiger partial charge in [0.15, 0.2) is 0 Å². The molecule has 2 aliphatic rings. The molecule has 2 heterocycles. The standard InChI is InChI=1S/C24H32N2O3S/c1-25(16-18-11-14-30-17-18)24(27)22-15-21(28-2)7-8-23(22)29-20-9-12-26(13-10-20)19-5-3-4-6-19/h7-8,11,14-15,17,19-20H,3-6,9-10,12-13,16H2,1-2H3.